The summed E-state index contributed by atoms with van der Waals surface area (Å²) in [5, 5.41) is 17.5. The van der Waals surface area contributed by atoms with Crippen molar-refractivity contribution in [2.75, 3.05) is 13.7 Å². The summed E-state index contributed by atoms with van der Waals surface area (Å²) in [6.45, 7) is -0.304. The van der Waals surface area contributed by atoms with Gasteiger partial charge in [0.25, 0.3) is 0 Å². The van der Waals surface area contributed by atoms with Crippen molar-refractivity contribution in [3.63, 3.8) is 0 Å². The van der Waals surface area contributed by atoms with E-state index in [4.69, 9.17) is 15.1 Å². The van der Waals surface area contributed by atoms with E-state index in [9.17, 15) is 0 Å². The Morgan fingerprint density at radius 2 is 2.50 bits per heavy atom. The van der Waals surface area contributed by atoms with Crippen LogP contribution in [-0.4, -0.2) is 28.8 Å². The molecule has 0 radical (unpaired) electrons. The Hall–Kier alpha value is -1.19. The molecule has 6 heteroatoms. The van der Waals surface area contributed by atoms with Gasteiger partial charge in [-0.05, 0) is 15.9 Å². The van der Waals surface area contributed by atoms with E-state index in [0.29, 0.717) is 10.4 Å². The van der Waals surface area contributed by atoms with Crippen molar-refractivity contribution < 1.29 is 9.84 Å². The fraction of sp³-hybridized carbons (Fsp3) is 0.375. The average Bonchev–Trinajstić information content (AvgIpc) is 2.22. The van der Waals surface area contributed by atoms with Crippen LogP contribution in [0, 0.1) is 11.3 Å². The molecule has 74 valence electrons. The number of rotatable bonds is 3. The lowest BCUT2D eigenvalue weighted by molar-refractivity contribution is 0.281. The Labute approximate surface area is 89.5 Å². The highest BCUT2D eigenvalue weighted by atomic mass is 79.9. The van der Waals surface area contributed by atoms with Gasteiger partial charge in [-0.2, -0.15) is 10.2 Å². The number of ether oxygens (including phenoxy) is 1. The van der Waals surface area contributed by atoms with Gasteiger partial charge in [0, 0.05) is 6.20 Å². The van der Waals surface area contributed by atoms with Crippen LogP contribution in [0.4, 0.5) is 0 Å². The van der Waals surface area contributed by atoms with Gasteiger partial charge in [-0.25, -0.2) is 4.98 Å². The van der Waals surface area contributed by atoms with Crippen LogP contribution in [0.1, 0.15) is 11.7 Å². The Balaban J connectivity index is 3.06. The molecule has 0 fully saturated rings. The molecular formula is C8H8BrN3O2. The van der Waals surface area contributed by atoms with Gasteiger partial charge in [-0.3, -0.25) is 0 Å². The molecule has 0 spiro atoms. The van der Waals surface area contributed by atoms with Crippen LogP contribution in [0.5, 0.6) is 5.88 Å². The quantitative estimate of drug-likeness (QED) is 0.869. The first-order chi connectivity index (χ1) is 6.72. The molecule has 1 N–H and O–H groups in total. The molecule has 14 heavy (non-hydrogen) atoms. The number of methoxy groups -OCH3 is 1. The molecule has 0 bridgehead atoms. The van der Waals surface area contributed by atoms with Gasteiger partial charge in [0.1, 0.15) is 5.92 Å². The number of nitriles is 1. The van der Waals surface area contributed by atoms with E-state index >= 15 is 0 Å². The third kappa shape index (κ3) is 2.19. The summed E-state index contributed by atoms with van der Waals surface area (Å²) < 4.78 is 5.55. The zero-order valence-electron chi connectivity index (χ0n) is 7.44. The lowest BCUT2D eigenvalue weighted by Crippen LogP contribution is -2.07. The molecule has 0 saturated heterocycles. The number of aromatic nitrogens is 2. The fourth-order valence-electron chi connectivity index (χ4n) is 0.856. The SMILES string of the molecule is COc1nc(C(C#N)CO)ncc1Br. The van der Waals surface area contributed by atoms with Crippen molar-refractivity contribution in [2.24, 2.45) is 0 Å². The highest BCUT2D eigenvalue weighted by molar-refractivity contribution is 9.10. The van der Waals surface area contributed by atoms with E-state index in [-0.39, 0.29) is 12.4 Å². The molecule has 0 aliphatic heterocycles. The largest absolute Gasteiger partial charge is 0.480 e. The van der Waals surface area contributed by atoms with Crippen molar-refractivity contribution in [3.05, 3.63) is 16.5 Å². The predicted octanol–water partition coefficient (Wildman–Crippen LogP) is 0.847. The lowest BCUT2D eigenvalue weighted by Gasteiger charge is -2.06. The fourth-order valence-corrected chi connectivity index (χ4v) is 1.21. The molecule has 0 saturated carbocycles. The summed E-state index contributed by atoms with van der Waals surface area (Å²) in [6.07, 6.45) is 1.49. The van der Waals surface area contributed by atoms with Crippen molar-refractivity contribution >= 4 is 15.9 Å². The summed E-state index contributed by atoms with van der Waals surface area (Å²) >= 11 is 3.19. The van der Waals surface area contributed by atoms with E-state index in [1.807, 2.05) is 6.07 Å². The zero-order valence-corrected chi connectivity index (χ0v) is 9.02. The molecule has 0 amide bonds. The Kier molecular flexibility index (Phi) is 3.80. The van der Waals surface area contributed by atoms with Gasteiger partial charge in [-0.1, -0.05) is 0 Å². The third-order valence-electron chi connectivity index (χ3n) is 1.57. The molecule has 1 heterocycles. The Morgan fingerprint density at radius 3 is 3.00 bits per heavy atom. The summed E-state index contributed by atoms with van der Waals surface area (Å²) in [5.41, 5.74) is 0. The monoisotopic (exact) mass is 257 g/mol. The first-order valence-corrected chi connectivity index (χ1v) is 4.59. The molecule has 1 atom stereocenters. The van der Waals surface area contributed by atoms with Crippen molar-refractivity contribution in [1.82, 2.24) is 9.97 Å². The molecule has 0 aliphatic rings. The summed E-state index contributed by atoms with van der Waals surface area (Å²) in [7, 11) is 1.47. The predicted molar refractivity (Wildman–Crippen MR) is 51.7 cm³/mol. The molecular weight excluding hydrogens is 250 g/mol. The molecule has 1 unspecified atom stereocenters. The summed E-state index contributed by atoms with van der Waals surface area (Å²) in [6, 6.07) is 1.89. The second-order valence-electron chi connectivity index (χ2n) is 2.45. The number of halogens is 1. The van der Waals surface area contributed by atoms with Crippen molar-refractivity contribution in [3.8, 4) is 11.9 Å². The van der Waals surface area contributed by atoms with Gasteiger partial charge < -0.3 is 9.84 Å². The number of aliphatic hydroxyl groups is 1. The van der Waals surface area contributed by atoms with Crippen LogP contribution in [0.25, 0.3) is 0 Å². The Morgan fingerprint density at radius 1 is 1.79 bits per heavy atom. The minimum Gasteiger partial charge on any atom is -0.480 e. The van der Waals surface area contributed by atoms with Crippen LogP contribution >= 0.6 is 15.9 Å². The zero-order chi connectivity index (χ0) is 10.6. The minimum absolute atomic E-state index is 0.259. The number of hydrogen-bond donors (Lipinski definition) is 1. The summed E-state index contributed by atoms with van der Waals surface area (Å²) in [4.78, 5) is 7.88. The minimum atomic E-state index is -0.711. The highest BCUT2D eigenvalue weighted by Crippen LogP contribution is 2.22. The van der Waals surface area contributed by atoms with Gasteiger partial charge in [0.05, 0.1) is 24.3 Å². The van der Waals surface area contributed by atoms with Gasteiger partial charge >= 0.3 is 0 Å². The maximum Gasteiger partial charge on any atom is 0.231 e. The average molecular weight is 258 g/mol. The van der Waals surface area contributed by atoms with Crippen LogP contribution < -0.4 is 4.74 Å². The van der Waals surface area contributed by atoms with Gasteiger partial charge in [0.2, 0.25) is 5.88 Å². The Bertz CT molecular complexity index is 364. The standard InChI is InChI=1S/C8H8BrN3O2/c1-14-8-6(9)3-11-7(12-8)5(2-10)4-13/h3,5,13H,4H2,1H3. The highest BCUT2D eigenvalue weighted by Gasteiger charge is 2.14. The second kappa shape index (κ2) is 4.88. The van der Waals surface area contributed by atoms with E-state index in [1.54, 1.807) is 0 Å². The summed E-state index contributed by atoms with van der Waals surface area (Å²) in [5.74, 6) is -0.101. The van der Waals surface area contributed by atoms with Crippen molar-refractivity contribution in [2.45, 2.75) is 5.92 Å². The molecule has 0 aliphatic carbocycles. The number of hydrogen-bond acceptors (Lipinski definition) is 5. The van der Waals surface area contributed by atoms with Crippen LogP contribution in [-0.2, 0) is 0 Å². The van der Waals surface area contributed by atoms with E-state index in [0.717, 1.165) is 0 Å². The maximum absolute atomic E-state index is 8.86. The third-order valence-corrected chi connectivity index (χ3v) is 2.12. The molecule has 1 aromatic rings. The second-order valence-corrected chi connectivity index (χ2v) is 3.30. The maximum atomic E-state index is 8.86. The first kappa shape index (κ1) is 10.9. The van der Waals surface area contributed by atoms with E-state index in [1.165, 1.54) is 13.3 Å². The topological polar surface area (TPSA) is 79.0 Å². The van der Waals surface area contributed by atoms with Crippen LogP contribution in [0.3, 0.4) is 0 Å². The van der Waals surface area contributed by atoms with Crippen LogP contribution in [0.15, 0.2) is 10.7 Å². The number of aliphatic hydroxyl groups excluding tert-OH is 1. The lowest BCUT2D eigenvalue weighted by atomic mass is 10.2. The molecule has 1 rings (SSSR count). The smallest absolute Gasteiger partial charge is 0.231 e. The van der Waals surface area contributed by atoms with E-state index < -0.39 is 5.92 Å². The van der Waals surface area contributed by atoms with Crippen LogP contribution in [0.2, 0.25) is 0 Å². The van der Waals surface area contributed by atoms with Gasteiger partial charge in [-0.15, -0.1) is 0 Å². The van der Waals surface area contributed by atoms with Crippen molar-refractivity contribution in [1.29, 1.82) is 5.26 Å². The normalized spacial score (nSPS) is 11.9. The van der Waals surface area contributed by atoms with E-state index in [2.05, 4.69) is 25.9 Å². The number of nitrogens with zero attached hydrogens (tertiary/aromatic N) is 3. The first-order valence-electron chi connectivity index (χ1n) is 3.79. The molecule has 0 aromatic carbocycles. The molecule has 5 nitrogen and oxygen atoms in total. The van der Waals surface area contributed by atoms with Gasteiger partial charge in [0.15, 0.2) is 5.82 Å². The molecule has 1 aromatic heterocycles.